The van der Waals surface area contributed by atoms with E-state index in [2.05, 4.69) is 11.4 Å². The zero-order valence-electron chi connectivity index (χ0n) is 18.1. The van der Waals surface area contributed by atoms with Gasteiger partial charge in [0.05, 0.1) is 6.04 Å². The second-order valence-corrected chi connectivity index (χ2v) is 9.26. The molecular weight excluding hydrogens is 445 g/mol. The Morgan fingerprint density at radius 1 is 1.12 bits per heavy atom. The Kier molecular flexibility index (Phi) is 7.07. The summed E-state index contributed by atoms with van der Waals surface area (Å²) >= 11 is 12.4. The van der Waals surface area contributed by atoms with Crippen molar-refractivity contribution in [1.82, 2.24) is 15.1 Å². The number of allylic oxidation sites excluding steroid dienone is 1. The molecule has 0 unspecified atom stereocenters. The van der Waals surface area contributed by atoms with Gasteiger partial charge < -0.3 is 10.2 Å². The van der Waals surface area contributed by atoms with Crippen LogP contribution < -0.4 is 5.32 Å². The van der Waals surface area contributed by atoms with E-state index in [-0.39, 0.29) is 18.0 Å². The Hall–Kier alpha value is -2.50. The highest BCUT2D eigenvalue weighted by Gasteiger charge is 2.29. The number of likely N-dealkylation sites (N-methyl/N-ethyl adjacent to an activating group) is 1. The first-order valence-corrected chi connectivity index (χ1v) is 11.7. The normalized spacial score (nSPS) is 19.0. The molecule has 2 aromatic rings. The SMILES string of the molecule is CN(Cc1ccc(Cl)cc1)C(=O)C=C1CCCN1C(=O)N[C@@H]1CCCc2cccc(Cl)c21. The van der Waals surface area contributed by atoms with E-state index in [1.807, 2.05) is 36.4 Å². The number of carbonyl (C=O) groups excluding carboxylic acids is 2. The minimum absolute atomic E-state index is 0.106. The maximum absolute atomic E-state index is 13.1. The number of aryl methyl sites for hydroxylation is 1. The molecule has 1 N–H and O–H groups in total. The van der Waals surface area contributed by atoms with Crippen molar-refractivity contribution in [2.75, 3.05) is 13.6 Å². The third-order valence-electron chi connectivity index (χ3n) is 6.13. The number of fused-ring (bicyclic) bond motifs is 1. The van der Waals surface area contributed by atoms with Crippen molar-refractivity contribution in [2.24, 2.45) is 0 Å². The highest BCUT2D eigenvalue weighted by Crippen LogP contribution is 2.35. The number of hydrogen-bond donors (Lipinski definition) is 1. The molecular formula is C25H27Cl2N3O2. The Labute approximate surface area is 199 Å². The average Bonchev–Trinajstić information content (AvgIpc) is 3.24. The summed E-state index contributed by atoms with van der Waals surface area (Å²) in [4.78, 5) is 29.2. The summed E-state index contributed by atoms with van der Waals surface area (Å²) in [5.41, 5.74) is 3.98. The summed E-state index contributed by atoms with van der Waals surface area (Å²) in [6.07, 6.45) is 5.98. The van der Waals surface area contributed by atoms with E-state index in [9.17, 15) is 9.59 Å². The first kappa shape index (κ1) is 22.7. The predicted molar refractivity (Wildman–Crippen MR) is 128 cm³/mol. The van der Waals surface area contributed by atoms with Crippen molar-refractivity contribution in [1.29, 1.82) is 0 Å². The van der Waals surface area contributed by atoms with Gasteiger partial charge in [-0.15, -0.1) is 0 Å². The molecule has 0 saturated carbocycles. The van der Waals surface area contributed by atoms with Crippen molar-refractivity contribution in [3.8, 4) is 0 Å². The number of benzene rings is 2. The molecule has 1 atom stereocenters. The van der Waals surface area contributed by atoms with E-state index in [0.717, 1.165) is 42.5 Å². The summed E-state index contributed by atoms with van der Waals surface area (Å²) in [5, 5.41) is 4.52. The van der Waals surface area contributed by atoms with Gasteiger partial charge in [0.2, 0.25) is 5.91 Å². The Balaban J connectivity index is 1.43. The van der Waals surface area contributed by atoms with Gasteiger partial charge in [-0.05, 0) is 67.0 Å². The first-order valence-electron chi connectivity index (χ1n) is 11.0. The summed E-state index contributed by atoms with van der Waals surface area (Å²) in [7, 11) is 1.76. The van der Waals surface area contributed by atoms with Gasteiger partial charge in [0.15, 0.2) is 0 Å². The molecule has 1 aliphatic heterocycles. The number of nitrogens with one attached hydrogen (secondary N) is 1. The molecule has 3 amide bonds. The molecule has 1 saturated heterocycles. The van der Waals surface area contributed by atoms with Crippen LogP contribution in [0.5, 0.6) is 0 Å². The molecule has 5 nitrogen and oxygen atoms in total. The minimum Gasteiger partial charge on any atom is -0.338 e. The zero-order chi connectivity index (χ0) is 22.7. The van der Waals surface area contributed by atoms with Crippen molar-refractivity contribution in [3.63, 3.8) is 0 Å². The van der Waals surface area contributed by atoms with E-state index >= 15 is 0 Å². The fourth-order valence-corrected chi connectivity index (χ4v) is 4.93. The second kappa shape index (κ2) is 9.97. The van der Waals surface area contributed by atoms with E-state index in [4.69, 9.17) is 23.2 Å². The van der Waals surface area contributed by atoms with Gasteiger partial charge in [-0.1, -0.05) is 47.5 Å². The predicted octanol–water partition coefficient (Wildman–Crippen LogP) is 5.72. The number of likely N-dealkylation sites (tertiary alicyclic amines) is 1. The summed E-state index contributed by atoms with van der Waals surface area (Å²) in [5.74, 6) is -0.124. The first-order chi connectivity index (χ1) is 15.4. The Morgan fingerprint density at radius 2 is 1.91 bits per heavy atom. The van der Waals surface area contributed by atoms with Gasteiger partial charge in [-0.3, -0.25) is 9.69 Å². The molecule has 2 aromatic carbocycles. The lowest BCUT2D eigenvalue weighted by Crippen LogP contribution is -2.40. The third kappa shape index (κ3) is 5.11. The lowest BCUT2D eigenvalue weighted by Gasteiger charge is -2.29. The minimum atomic E-state index is -0.167. The van der Waals surface area contributed by atoms with Crippen LogP contribution >= 0.6 is 23.2 Å². The number of amides is 3. The Bertz CT molecular complexity index is 1040. The molecule has 1 fully saturated rings. The van der Waals surface area contributed by atoms with Crippen LogP contribution in [0.3, 0.4) is 0 Å². The van der Waals surface area contributed by atoms with Crippen LogP contribution in [0.2, 0.25) is 10.0 Å². The fraction of sp³-hybridized carbons (Fsp3) is 0.360. The lowest BCUT2D eigenvalue weighted by atomic mass is 9.87. The van der Waals surface area contributed by atoms with Crippen LogP contribution in [0.25, 0.3) is 0 Å². The highest BCUT2D eigenvalue weighted by molar-refractivity contribution is 6.31. The monoisotopic (exact) mass is 471 g/mol. The van der Waals surface area contributed by atoms with Crippen LogP contribution in [-0.4, -0.2) is 35.3 Å². The van der Waals surface area contributed by atoms with E-state index in [0.29, 0.717) is 29.6 Å². The zero-order valence-corrected chi connectivity index (χ0v) is 19.6. The molecule has 1 heterocycles. The molecule has 168 valence electrons. The third-order valence-corrected chi connectivity index (χ3v) is 6.72. The largest absolute Gasteiger partial charge is 0.338 e. The van der Waals surface area contributed by atoms with Crippen molar-refractivity contribution in [2.45, 2.75) is 44.7 Å². The van der Waals surface area contributed by atoms with E-state index in [1.165, 1.54) is 5.56 Å². The van der Waals surface area contributed by atoms with Crippen molar-refractivity contribution >= 4 is 35.1 Å². The fourth-order valence-electron chi connectivity index (χ4n) is 4.48. The maximum Gasteiger partial charge on any atom is 0.322 e. The van der Waals surface area contributed by atoms with E-state index < -0.39 is 0 Å². The molecule has 0 bridgehead atoms. The van der Waals surface area contributed by atoms with Crippen molar-refractivity contribution < 1.29 is 9.59 Å². The van der Waals surface area contributed by atoms with Gasteiger partial charge in [0.1, 0.15) is 0 Å². The summed E-state index contributed by atoms with van der Waals surface area (Å²) < 4.78 is 0. The van der Waals surface area contributed by atoms with Crippen LogP contribution in [0, 0.1) is 0 Å². The number of rotatable bonds is 4. The highest BCUT2D eigenvalue weighted by atomic mass is 35.5. The Morgan fingerprint density at radius 3 is 2.69 bits per heavy atom. The van der Waals surface area contributed by atoms with Crippen molar-refractivity contribution in [3.05, 3.63) is 81.0 Å². The van der Waals surface area contributed by atoms with Gasteiger partial charge in [0, 0.05) is 42.0 Å². The quantitative estimate of drug-likeness (QED) is 0.579. The molecule has 32 heavy (non-hydrogen) atoms. The second-order valence-electron chi connectivity index (χ2n) is 8.42. The smallest absolute Gasteiger partial charge is 0.322 e. The van der Waals surface area contributed by atoms with Gasteiger partial charge in [-0.25, -0.2) is 4.79 Å². The summed E-state index contributed by atoms with van der Waals surface area (Å²) in [6, 6.07) is 13.1. The number of nitrogens with zero attached hydrogens (tertiary/aromatic N) is 2. The van der Waals surface area contributed by atoms with Gasteiger partial charge >= 0.3 is 6.03 Å². The van der Waals surface area contributed by atoms with Crippen LogP contribution in [0.15, 0.2) is 54.2 Å². The molecule has 1 aliphatic carbocycles. The molecule has 2 aliphatic rings. The molecule has 0 radical (unpaired) electrons. The van der Waals surface area contributed by atoms with Crippen LogP contribution in [0.1, 0.15) is 48.4 Å². The van der Waals surface area contributed by atoms with E-state index in [1.54, 1.807) is 22.9 Å². The topological polar surface area (TPSA) is 52.7 Å². The standard InChI is InChI=1S/C25H27Cl2N3O2/c1-29(16-17-10-12-19(26)13-11-17)23(31)15-20-7-4-14-30(20)25(32)28-22-9-3-6-18-5-2-8-21(27)24(18)22/h2,5,8,10-13,15,22H,3-4,6-7,9,14,16H2,1H3,(H,28,32)/t22-/m1/s1. The lowest BCUT2D eigenvalue weighted by molar-refractivity contribution is -0.125. The molecule has 0 aromatic heterocycles. The number of halogens is 2. The maximum atomic E-state index is 13.1. The molecule has 4 rings (SSSR count). The average molecular weight is 472 g/mol. The van der Waals surface area contributed by atoms with Gasteiger partial charge in [-0.2, -0.15) is 0 Å². The molecule has 0 spiro atoms. The number of hydrogen-bond acceptors (Lipinski definition) is 2. The molecule has 7 heteroatoms. The van der Waals surface area contributed by atoms with Gasteiger partial charge in [0.25, 0.3) is 0 Å². The van der Waals surface area contributed by atoms with Crippen LogP contribution in [0.4, 0.5) is 4.79 Å². The number of urea groups is 1. The van der Waals surface area contributed by atoms with Crippen LogP contribution in [-0.2, 0) is 17.8 Å². The summed E-state index contributed by atoms with van der Waals surface area (Å²) in [6.45, 7) is 1.08. The number of carbonyl (C=O) groups is 2.